The van der Waals surface area contributed by atoms with Crippen LogP contribution in [0.1, 0.15) is 18.9 Å². The van der Waals surface area contributed by atoms with Crippen LogP contribution < -0.4 is 5.32 Å². The van der Waals surface area contributed by atoms with Crippen LogP contribution in [0.25, 0.3) is 0 Å². The minimum Gasteiger partial charge on any atom is -0.385 e. The Morgan fingerprint density at radius 3 is 3.08 bits per heavy atom. The predicted octanol–water partition coefficient (Wildman–Crippen LogP) is 1.53. The maximum atomic E-state index is 5.00. The first-order valence-corrected chi connectivity index (χ1v) is 4.67. The minimum absolute atomic E-state index is 0.509. The normalized spacial score (nSPS) is 13.1. The zero-order valence-electron chi connectivity index (χ0n) is 8.34. The highest BCUT2D eigenvalue weighted by atomic mass is 16.5. The molecule has 13 heavy (non-hydrogen) atoms. The largest absolute Gasteiger partial charge is 0.385 e. The summed E-state index contributed by atoms with van der Waals surface area (Å²) in [4.78, 5) is 3.03. The van der Waals surface area contributed by atoms with Gasteiger partial charge in [0.1, 0.15) is 0 Å². The van der Waals surface area contributed by atoms with Crippen molar-refractivity contribution >= 4 is 0 Å². The second-order valence-corrected chi connectivity index (χ2v) is 3.28. The molecule has 0 spiro atoms. The lowest BCUT2D eigenvalue weighted by molar-refractivity contribution is 0.184. The quantitative estimate of drug-likeness (QED) is 0.700. The Labute approximate surface area is 79.5 Å². The van der Waals surface area contributed by atoms with Crippen molar-refractivity contribution in [1.29, 1.82) is 0 Å². The molecule has 0 aromatic carbocycles. The van der Waals surface area contributed by atoms with Gasteiger partial charge in [-0.15, -0.1) is 0 Å². The van der Waals surface area contributed by atoms with Gasteiger partial charge in [-0.25, -0.2) is 0 Å². The molecule has 3 nitrogen and oxygen atoms in total. The molecule has 0 aliphatic rings. The van der Waals surface area contributed by atoms with Gasteiger partial charge in [0, 0.05) is 38.7 Å². The third-order valence-corrected chi connectivity index (χ3v) is 2.07. The van der Waals surface area contributed by atoms with E-state index in [9.17, 15) is 0 Å². The monoisotopic (exact) mass is 182 g/mol. The van der Waals surface area contributed by atoms with Gasteiger partial charge in [-0.2, -0.15) is 0 Å². The molecule has 1 heterocycles. The van der Waals surface area contributed by atoms with E-state index < -0.39 is 0 Å². The van der Waals surface area contributed by atoms with Crippen LogP contribution >= 0.6 is 0 Å². The average molecular weight is 182 g/mol. The fraction of sp³-hybridized carbons (Fsp3) is 0.600. The number of rotatable bonds is 6. The molecule has 0 aliphatic carbocycles. The van der Waals surface area contributed by atoms with Crippen LogP contribution in [-0.4, -0.2) is 24.7 Å². The first-order chi connectivity index (χ1) is 6.33. The summed E-state index contributed by atoms with van der Waals surface area (Å²) in [6.45, 7) is 3.92. The summed E-state index contributed by atoms with van der Waals surface area (Å²) in [5.74, 6) is 0. The fourth-order valence-corrected chi connectivity index (χ4v) is 1.16. The molecular formula is C10H18N2O. The van der Waals surface area contributed by atoms with Gasteiger partial charge in [0.05, 0.1) is 0 Å². The lowest BCUT2D eigenvalue weighted by Gasteiger charge is -2.11. The fourth-order valence-electron chi connectivity index (χ4n) is 1.16. The Kier molecular flexibility index (Phi) is 4.57. The second-order valence-electron chi connectivity index (χ2n) is 3.28. The van der Waals surface area contributed by atoms with Crippen LogP contribution in [0, 0.1) is 0 Å². The number of hydrogen-bond acceptors (Lipinski definition) is 2. The van der Waals surface area contributed by atoms with Crippen molar-refractivity contribution in [1.82, 2.24) is 10.3 Å². The zero-order valence-corrected chi connectivity index (χ0v) is 8.34. The third-order valence-electron chi connectivity index (χ3n) is 2.07. The van der Waals surface area contributed by atoms with E-state index in [2.05, 4.69) is 23.3 Å². The number of nitrogens with one attached hydrogen (secondary N) is 2. The highest BCUT2D eigenvalue weighted by molar-refractivity contribution is 5.07. The van der Waals surface area contributed by atoms with Crippen LogP contribution in [0.15, 0.2) is 18.5 Å². The van der Waals surface area contributed by atoms with Crippen LogP contribution in [0.4, 0.5) is 0 Å². The van der Waals surface area contributed by atoms with Crippen molar-refractivity contribution in [2.24, 2.45) is 0 Å². The maximum absolute atomic E-state index is 5.00. The van der Waals surface area contributed by atoms with Gasteiger partial charge in [0.25, 0.3) is 0 Å². The van der Waals surface area contributed by atoms with E-state index in [-0.39, 0.29) is 0 Å². The number of aromatic amines is 1. The van der Waals surface area contributed by atoms with E-state index in [1.54, 1.807) is 7.11 Å². The Morgan fingerprint density at radius 2 is 2.46 bits per heavy atom. The van der Waals surface area contributed by atoms with Gasteiger partial charge in [-0.05, 0) is 25.0 Å². The number of hydrogen-bond donors (Lipinski definition) is 2. The molecule has 0 amide bonds. The number of H-pyrrole nitrogens is 1. The van der Waals surface area contributed by atoms with E-state index in [1.165, 1.54) is 5.56 Å². The zero-order chi connectivity index (χ0) is 9.52. The van der Waals surface area contributed by atoms with Crippen molar-refractivity contribution < 1.29 is 4.74 Å². The van der Waals surface area contributed by atoms with Crippen molar-refractivity contribution in [3.8, 4) is 0 Å². The van der Waals surface area contributed by atoms with Crippen LogP contribution in [0.5, 0.6) is 0 Å². The summed E-state index contributed by atoms with van der Waals surface area (Å²) in [6.07, 6.45) is 5.01. The summed E-state index contributed by atoms with van der Waals surface area (Å²) in [5, 5.41) is 3.42. The van der Waals surface area contributed by atoms with Gasteiger partial charge < -0.3 is 15.0 Å². The molecule has 74 valence electrons. The summed E-state index contributed by atoms with van der Waals surface area (Å²) in [6, 6.07) is 2.59. The summed E-state index contributed by atoms with van der Waals surface area (Å²) < 4.78 is 5.00. The third kappa shape index (κ3) is 4.10. The van der Waals surface area contributed by atoms with Gasteiger partial charge in [0.2, 0.25) is 0 Å². The molecular weight excluding hydrogens is 164 g/mol. The van der Waals surface area contributed by atoms with Gasteiger partial charge in [-0.3, -0.25) is 0 Å². The lowest BCUT2D eigenvalue weighted by Crippen LogP contribution is -2.26. The molecule has 0 saturated heterocycles. The van der Waals surface area contributed by atoms with Crippen molar-refractivity contribution in [3.63, 3.8) is 0 Å². The van der Waals surface area contributed by atoms with Crippen LogP contribution in [0.3, 0.4) is 0 Å². The molecule has 0 aliphatic heterocycles. The molecule has 1 unspecified atom stereocenters. The Morgan fingerprint density at radius 1 is 1.62 bits per heavy atom. The molecule has 0 radical (unpaired) electrons. The first kappa shape index (κ1) is 10.3. The summed E-state index contributed by atoms with van der Waals surface area (Å²) in [5.41, 5.74) is 1.30. The topological polar surface area (TPSA) is 37.0 Å². The molecule has 1 aromatic heterocycles. The summed E-state index contributed by atoms with van der Waals surface area (Å²) >= 11 is 0. The molecule has 0 bridgehead atoms. The lowest BCUT2D eigenvalue weighted by atomic mass is 10.2. The Hall–Kier alpha value is -0.800. The average Bonchev–Trinajstić information content (AvgIpc) is 2.64. The molecule has 1 rings (SSSR count). The van der Waals surface area contributed by atoms with Gasteiger partial charge in [0.15, 0.2) is 0 Å². The van der Waals surface area contributed by atoms with E-state index in [0.29, 0.717) is 6.04 Å². The minimum atomic E-state index is 0.509. The summed E-state index contributed by atoms with van der Waals surface area (Å²) in [7, 11) is 1.73. The number of aromatic nitrogens is 1. The molecule has 1 atom stereocenters. The molecule has 2 N–H and O–H groups in total. The standard InChI is InChI=1S/C10H18N2O/c1-9(4-6-13-2)12-8-10-3-5-11-7-10/h3,5,7,9,11-12H,4,6,8H2,1-2H3. The number of ether oxygens (including phenoxy) is 1. The van der Waals surface area contributed by atoms with E-state index in [4.69, 9.17) is 4.74 Å². The van der Waals surface area contributed by atoms with E-state index >= 15 is 0 Å². The SMILES string of the molecule is COCCC(C)NCc1cc[nH]c1. The van der Waals surface area contributed by atoms with Crippen molar-refractivity contribution in [3.05, 3.63) is 24.0 Å². The van der Waals surface area contributed by atoms with Gasteiger partial charge in [-0.1, -0.05) is 0 Å². The Bertz CT molecular complexity index is 209. The molecule has 1 aromatic rings. The van der Waals surface area contributed by atoms with Crippen molar-refractivity contribution in [2.75, 3.05) is 13.7 Å². The number of methoxy groups -OCH3 is 1. The van der Waals surface area contributed by atoms with Gasteiger partial charge >= 0.3 is 0 Å². The van der Waals surface area contributed by atoms with E-state index in [1.807, 2.05) is 12.4 Å². The second kappa shape index (κ2) is 5.78. The first-order valence-electron chi connectivity index (χ1n) is 4.67. The highest BCUT2D eigenvalue weighted by Gasteiger charge is 2.00. The molecule has 0 fully saturated rings. The predicted molar refractivity (Wildman–Crippen MR) is 53.6 cm³/mol. The molecule has 3 heteroatoms. The van der Waals surface area contributed by atoms with Crippen LogP contribution in [-0.2, 0) is 11.3 Å². The maximum Gasteiger partial charge on any atom is 0.0476 e. The van der Waals surface area contributed by atoms with E-state index in [0.717, 1.165) is 19.6 Å². The van der Waals surface area contributed by atoms with Crippen LogP contribution in [0.2, 0.25) is 0 Å². The smallest absolute Gasteiger partial charge is 0.0476 e. The Balaban J connectivity index is 2.11. The highest BCUT2D eigenvalue weighted by Crippen LogP contribution is 1.98. The molecule has 0 saturated carbocycles. The van der Waals surface area contributed by atoms with Crippen molar-refractivity contribution in [2.45, 2.75) is 25.9 Å².